The summed E-state index contributed by atoms with van der Waals surface area (Å²) in [5.74, 6) is -3.46. The van der Waals surface area contributed by atoms with Crippen molar-refractivity contribution >= 4 is 40.5 Å². The van der Waals surface area contributed by atoms with E-state index in [4.69, 9.17) is 11.6 Å². The van der Waals surface area contributed by atoms with Crippen LogP contribution in [0.25, 0.3) is 11.1 Å². The standard InChI is InChI=1S/C20H12ClF2NO3S/c21-12-5-2-6-13(23)16(12)11-8-14(25)24-17-15(9-3-1-4-10(22)7-9)19(20(26)27)28-18(11)17/h1-7,11H,8H2,(H,24,25)(H,26,27)/t11-/m1/s1. The van der Waals surface area contributed by atoms with Crippen molar-refractivity contribution in [3.63, 3.8) is 0 Å². The van der Waals surface area contributed by atoms with E-state index in [1.165, 1.54) is 36.4 Å². The van der Waals surface area contributed by atoms with Crippen LogP contribution in [0.2, 0.25) is 5.02 Å². The van der Waals surface area contributed by atoms with E-state index in [-0.39, 0.29) is 33.1 Å². The van der Waals surface area contributed by atoms with Gasteiger partial charge >= 0.3 is 5.97 Å². The number of rotatable bonds is 3. The monoisotopic (exact) mass is 419 g/mol. The Hall–Kier alpha value is -2.77. The van der Waals surface area contributed by atoms with E-state index in [0.717, 1.165) is 11.3 Å². The molecule has 0 saturated heterocycles. The molecule has 2 aromatic carbocycles. The Bertz CT molecular complexity index is 1110. The summed E-state index contributed by atoms with van der Waals surface area (Å²) in [5, 5.41) is 12.5. The number of hydrogen-bond acceptors (Lipinski definition) is 3. The first kappa shape index (κ1) is 18.6. The number of fused-ring (bicyclic) bond motifs is 1. The number of halogens is 3. The van der Waals surface area contributed by atoms with Gasteiger partial charge in [-0.1, -0.05) is 29.8 Å². The summed E-state index contributed by atoms with van der Waals surface area (Å²) in [6.45, 7) is 0. The topological polar surface area (TPSA) is 66.4 Å². The first-order valence-electron chi connectivity index (χ1n) is 8.26. The summed E-state index contributed by atoms with van der Waals surface area (Å²) in [4.78, 5) is 24.6. The van der Waals surface area contributed by atoms with Gasteiger partial charge < -0.3 is 10.4 Å². The molecule has 0 aliphatic carbocycles. The van der Waals surface area contributed by atoms with Crippen LogP contribution in [0.4, 0.5) is 14.5 Å². The molecule has 1 amide bonds. The van der Waals surface area contributed by atoms with Crippen LogP contribution in [-0.4, -0.2) is 17.0 Å². The Morgan fingerprint density at radius 1 is 1.21 bits per heavy atom. The average molecular weight is 420 g/mol. The van der Waals surface area contributed by atoms with Crippen molar-refractivity contribution < 1.29 is 23.5 Å². The van der Waals surface area contributed by atoms with Crippen molar-refractivity contribution in [3.05, 3.63) is 74.4 Å². The molecule has 8 heteroatoms. The normalized spacial score (nSPS) is 15.8. The molecule has 1 aromatic heterocycles. The number of hydrogen-bond donors (Lipinski definition) is 2. The number of carbonyl (C=O) groups is 2. The lowest BCUT2D eigenvalue weighted by molar-refractivity contribution is -0.116. The second-order valence-corrected chi connectivity index (χ2v) is 7.76. The summed E-state index contributed by atoms with van der Waals surface area (Å²) >= 11 is 7.12. The van der Waals surface area contributed by atoms with Gasteiger partial charge in [-0.2, -0.15) is 0 Å². The molecule has 0 radical (unpaired) electrons. The van der Waals surface area contributed by atoms with Crippen molar-refractivity contribution in [1.29, 1.82) is 0 Å². The molecule has 4 nitrogen and oxygen atoms in total. The van der Waals surface area contributed by atoms with E-state index in [0.29, 0.717) is 10.4 Å². The molecule has 0 fully saturated rings. The summed E-state index contributed by atoms with van der Waals surface area (Å²) in [6.07, 6.45) is -0.0736. The van der Waals surface area contributed by atoms with E-state index in [9.17, 15) is 23.5 Å². The lowest BCUT2D eigenvalue weighted by Crippen LogP contribution is -2.23. The van der Waals surface area contributed by atoms with Gasteiger partial charge in [0, 0.05) is 33.4 Å². The van der Waals surface area contributed by atoms with Crippen LogP contribution >= 0.6 is 22.9 Å². The van der Waals surface area contributed by atoms with Crippen LogP contribution in [0, 0.1) is 11.6 Å². The van der Waals surface area contributed by atoms with E-state index < -0.39 is 29.4 Å². The van der Waals surface area contributed by atoms with Crippen LogP contribution in [0.1, 0.15) is 32.5 Å². The SMILES string of the molecule is O=C1C[C@H](c2c(F)cccc2Cl)c2sc(C(=O)O)c(-c3cccc(F)c3)c2N1. The van der Waals surface area contributed by atoms with Gasteiger partial charge in [-0.05, 0) is 29.8 Å². The number of carboxylic acid groups (broad SMARTS) is 1. The fourth-order valence-corrected chi connectivity index (χ4v) is 4.96. The third-order valence-electron chi connectivity index (χ3n) is 4.56. The first-order valence-corrected chi connectivity index (χ1v) is 9.46. The maximum absolute atomic E-state index is 14.5. The van der Waals surface area contributed by atoms with E-state index >= 15 is 0 Å². The quantitative estimate of drug-likeness (QED) is 0.587. The van der Waals surface area contributed by atoms with Gasteiger partial charge in [-0.3, -0.25) is 4.79 Å². The molecular weight excluding hydrogens is 408 g/mol. The van der Waals surface area contributed by atoms with Crippen LogP contribution in [0.5, 0.6) is 0 Å². The molecule has 28 heavy (non-hydrogen) atoms. The lowest BCUT2D eigenvalue weighted by Gasteiger charge is -2.25. The van der Waals surface area contributed by atoms with Crippen LogP contribution in [0.3, 0.4) is 0 Å². The second kappa shape index (κ2) is 7.00. The fourth-order valence-electron chi connectivity index (χ4n) is 3.43. The maximum Gasteiger partial charge on any atom is 0.346 e. The minimum Gasteiger partial charge on any atom is -0.477 e. The van der Waals surface area contributed by atoms with Crippen LogP contribution < -0.4 is 5.32 Å². The van der Waals surface area contributed by atoms with Crippen molar-refractivity contribution in [2.24, 2.45) is 0 Å². The Morgan fingerprint density at radius 3 is 2.64 bits per heavy atom. The summed E-state index contributed by atoms with van der Waals surface area (Å²) in [6, 6.07) is 9.67. The van der Waals surface area contributed by atoms with Gasteiger partial charge in [-0.25, -0.2) is 13.6 Å². The van der Waals surface area contributed by atoms with Crippen molar-refractivity contribution in [3.8, 4) is 11.1 Å². The van der Waals surface area contributed by atoms with Gasteiger partial charge in [0.05, 0.1) is 5.69 Å². The first-order chi connectivity index (χ1) is 13.4. The van der Waals surface area contributed by atoms with Crippen LogP contribution in [-0.2, 0) is 4.79 Å². The van der Waals surface area contributed by atoms with E-state index in [1.54, 1.807) is 6.07 Å². The third kappa shape index (κ3) is 3.06. The van der Waals surface area contributed by atoms with Gasteiger partial charge in [0.1, 0.15) is 16.5 Å². The molecule has 4 rings (SSSR count). The highest BCUT2D eigenvalue weighted by atomic mass is 35.5. The lowest BCUT2D eigenvalue weighted by atomic mass is 9.88. The Balaban J connectivity index is 1.99. The molecule has 1 atom stereocenters. The number of anilines is 1. The van der Waals surface area contributed by atoms with Gasteiger partial charge in [0.2, 0.25) is 5.91 Å². The van der Waals surface area contributed by atoms with Crippen molar-refractivity contribution in [2.45, 2.75) is 12.3 Å². The number of carbonyl (C=O) groups excluding carboxylic acids is 1. The molecule has 2 heterocycles. The second-order valence-electron chi connectivity index (χ2n) is 6.30. The van der Waals surface area contributed by atoms with E-state index in [1.807, 2.05) is 0 Å². The molecule has 3 aromatic rings. The molecule has 0 bridgehead atoms. The summed E-state index contributed by atoms with van der Waals surface area (Å²) in [7, 11) is 0. The smallest absolute Gasteiger partial charge is 0.346 e. The molecule has 1 aliphatic rings. The Labute approximate surface area is 167 Å². The minimum atomic E-state index is -1.22. The highest BCUT2D eigenvalue weighted by Crippen LogP contribution is 2.50. The van der Waals surface area contributed by atoms with Gasteiger partial charge in [0.15, 0.2) is 0 Å². The molecule has 0 spiro atoms. The highest BCUT2D eigenvalue weighted by molar-refractivity contribution is 7.15. The van der Waals surface area contributed by atoms with Crippen molar-refractivity contribution in [1.82, 2.24) is 0 Å². The Morgan fingerprint density at radius 2 is 1.96 bits per heavy atom. The number of carboxylic acids is 1. The number of nitrogens with one attached hydrogen (secondary N) is 1. The predicted molar refractivity (Wildman–Crippen MR) is 103 cm³/mol. The highest BCUT2D eigenvalue weighted by Gasteiger charge is 2.36. The largest absolute Gasteiger partial charge is 0.477 e. The van der Waals surface area contributed by atoms with Crippen molar-refractivity contribution in [2.75, 3.05) is 5.32 Å². The zero-order valence-electron chi connectivity index (χ0n) is 14.1. The third-order valence-corrected chi connectivity index (χ3v) is 6.18. The summed E-state index contributed by atoms with van der Waals surface area (Å²) in [5.41, 5.74) is 0.922. The maximum atomic E-state index is 14.5. The molecule has 142 valence electrons. The molecular formula is C20H12ClF2NO3S. The number of thiophene rings is 1. The molecule has 1 aliphatic heterocycles. The van der Waals surface area contributed by atoms with E-state index in [2.05, 4.69) is 5.32 Å². The minimum absolute atomic E-state index is 0.0599. The van der Waals surface area contributed by atoms with Gasteiger partial charge in [-0.15, -0.1) is 11.3 Å². The van der Waals surface area contributed by atoms with Gasteiger partial charge in [0.25, 0.3) is 0 Å². The Kier molecular flexibility index (Phi) is 4.64. The molecule has 2 N–H and O–H groups in total. The fraction of sp³-hybridized carbons (Fsp3) is 0.100. The molecule has 0 saturated carbocycles. The zero-order valence-corrected chi connectivity index (χ0v) is 15.7. The molecule has 0 unspecified atom stereocenters. The predicted octanol–water partition coefficient (Wildman–Crippen LogP) is 5.52. The number of aromatic carboxylic acids is 1. The number of benzene rings is 2. The number of amides is 1. The average Bonchev–Trinajstić information content (AvgIpc) is 3.01. The van der Waals surface area contributed by atoms with Crippen LogP contribution in [0.15, 0.2) is 42.5 Å². The zero-order chi connectivity index (χ0) is 20.0. The summed E-state index contributed by atoms with van der Waals surface area (Å²) < 4.78 is 28.3.